The van der Waals surface area contributed by atoms with E-state index in [1.165, 1.54) is 0 Å². The Balaban J connectivity index is 1.74. The molecule has 0 heterocycles. The maximum Gasteiger partial charge on any atom is 0.241 e. The minimum Gasteiger partial charge on any atom is -0.207 e. The largest absolute Gasteiger partial charge is 0.241 e. The van der Waals surface area contributed by atoms with Crippen LogP contribution in [0.2, 0.25) is 0 Å². The third-order valence-corrected chi connectivity index (χ3v) is 7.84. The van der Waals surface area contributed by atoms with Crippen LogP contribution in [0.4, 0.5) is 0 Å². The Hall–Kier alpha value is -2.99. The van der Waals surface area contributed by atoms with E-state index < -0.39 is 16.1 Å². The summed E-state index contributed by atoms with van der Waals surface area (Å²) < 4.78 is 30.9. The second kappa shape index (κ2) is 8.75. The first-order chi connectivity index (χ1) is 15.9. The third kappa shape index (κ3) is 4.20. The molecule has 1 unspecified atom stereocenters. The molecule has 0 radical (unpaired) electrons. The summed E-state index contributed by atoms with van der Waals surface area (Å²) in [6.45, 7) is 1.94. The summed E-state index contributed by atoms with van der Waals surface area (Å²) in [5.41, 5.74) is 7.00. The predicted molar refractivity (Wildman–Crippen MR) is 137 cm³/mol. The van der Waals surface area contributed by atoms with E-state index in [2.05, 4.69) is 38.9 Å². The molecule has 4 aromatic carbocycles. The molecule has 0 bridgehead atoms. The lowest BCUT2D eigenvalue weighted by atomic mass is 9.93. The first kappa shape index (κ1) is 21.8. The summed E-state index contributed by atoms with van der Waals surface area (Å²) in [6.07, 6.45) is 0. The summed E-state index contributed by atoms with van der Waals surface area (Å²) in [7, 11) is -3.76. The van der Waals surface area contributed by atoms with Gasteiger partial charge in [0.15, 0.2) is 0 Å². The average Bonchev–Trinajstić information content (AvgIpc) is 3.13. The first-order valence-electron chi connectivity index (χ1n) is 10.7. The number of nitrogens with one attached hydrogen (secondary N) is 1. The van der Waals surface area contributed by atoms with Crippen LogP contribution in [0.25, 0.3) is 11.1 Å². The van der Waals surface area contributed by atoms with Gasteiger partial charge >= 0.3 is 0 Å². The van der Waals surface area contributed by atoms with Crippen molar-refractivity contribution in [3.05, 3.63) is 135 Å². The Morgan fingerprint density at radius 3 is 2.00 bits per heavy atom. The topological polar surface area (TPSA) is 46.2 Å². The van der Waals surface area contributed by atoms with Crippen LogP contribution in [0, 0.1) is 6.92 Å². The van der Waals surface area contributed by atoms with Crippen LogP contribution in [0.5, 0.6) is 0 Å². The molecule has 0 saturated carbocycles. The van der Waals surface area contributed by atoms with Gasteiger partial charge in [0.25, 0.3) is 0 Å². The van der Waals surface area contributed by atoms with Crippen molar-refractivity contribution in [1.29, 1.82) is 0 Å². The van der Waals surface area contributed by atoms with Crippen LogP contribution in [-0.2, 0) is 10.0 Å². The number of halogens is 1. The van der Waals surface area contributed by atoms with Crippen molar-refractivity contribution in [2.75, 3.05) is 0 Å². The maximum atomic E-state index is 13.5. The van der Waals surface area contributed by atoms with Gasteiger partial charge < -0.3 is 0 Å². The van der Waals surface area contributed by atoms with Crippen molar-refractivity contribution in [2.24, 2.45) is 0 Å². The average molecular weight is 516 g/mol. The predicted octanol–water partition coefficient (Wildman–Crippen LogP) is 6.75. The molecule has 0 aromatic heterocycles. The van der Waals surface area contributed by atoms with E-state index in [9.17, 15) is 8.42 Å². The zero-order valence-electron chi connectivity index (χ0n) is 18.0. The van der Waals surface area contributed by atoms with Crippen molar-refractivity contribution in [1.82, 2.24) is 4.72 Å². The van der Waals surface area contributed by atoms with Gasteiger partial charge in [0.2, 0.25) is 10.0 Å². The van der Waals surface area contributed by atoms with Crippen LogP contribution >= 0.6 is 15.9 Å². The zero-order chi connectivity index (χ0) is 23.0. The lowest BCUT2D eigenvalue weighted by Crippen LogP contribution is -2.28. The highest BCUT2D eigenvalue weighted by Crippen LogP contribution is 2.49. The number of fused-ring (bicyclic) bond motifs is 1. The lowest BCUT2D eigenvalue weighted by Gasteiger charge is -2.20. The van der Waals surface area contributed by atoms with Gasteiger partial charge in [-0.05, 0) is 64.6 Å². The van der Waals surface area contributed by atoms with E-state index in [1.54, 1.807) is 12.1 Å². The normalized spacial score (nSPS) is 15.5. The molecular formula is C28H22BrNO2S. The molecule has 164 valence electrons. The third-order valence-electron chi connectivity index (χ3n) is 5.90. The molecule has 5 heteroatoms. The van der Waals surface area contributed by atoms with E-state index in [0.29, 0.717) is 0 Å². The molecule has 5 rings (SSSR count). The number of sulfonamides is 1. The monoisotopic (exact) mass is 515 g/mol. The molecule has 1 N–H and O–H groups in total. The standard InChI is InChI=1S/C28H22BrNO2S/c1-19-12-15-23(16-13-19)33(31,32)30-28-25-18-22(29)14-17-24(25)26(20-8-4-2-5-9-20)27(28)21-10-6-3-7-11-21/h2-18,28,30H,1H3. The molecule has 33 heavy (non-hydrogen) atoms. The van der Waals surface area contributed by atoms with E-state index in [1.807, 2.05) is 79.7 Å². The zero-order valence-corrected chi connectivity index (χ0v) is 20.4. The Morgan fingerprint density at radius 2 is 1.36 bits per heavy atom. The molecule has 1 aliphatic carbocycles. The number of rotatable bonds is 5. The van der Waals surface area contributed by atoms with Gasteiger partial charge in [-0.1, -0.05) is 100 Å². The number of hydrogen-bond donors (Lipinski definition) is 1. The van der Waals surface area contributed by atoms with Crippen LogP contribution in [0.1, 0.15) is 33.9 Å². The van der Waals surface area contributed by atoms with E-state index >= 15 is 0 Å². The molecule has 1 aliphatic rings. The first-order valence-corrected chi connectivity index (χ1v) is 13.0. The quantitative estimate of drug-likeness (QED) is 0.319. The molecule has 0 aliphatic heterocycles. The highest BCUT2D eigenvalue weighted by molar-refractivity contribution is 9.10. The molecule has 0 saturated heterocycles. The van der Waals surface area contributed by atoms with E-state index in [0.717, 1.165) is 43.4 Å². The van der Waals surface area contributed by atoms with E-state index in [-0.39, 0.29) is 4.90 Å². The SMILES string of the molecule is Cc1ccc(S(=O)(=O)NC2C(c3ccccc3)=C(c3ccccc3)c3ccc(Br)cc32)cc1. The molecule has 0 amide bonds. The smallest absolute Gasteiger partial charge is 0.207 e. The van der Waals surface area contributed by atoms with Crippen LogP contribution < -0.4 is 4.72 Å². The number of benzene rings is 4. The maximum absolute atomic E-state index is 13.5. The Labute approximate surface area is 203 Å². The van der Waals surface area contributed by atoms with Gasteiger partial charge in [0.05, 0.1) is 10.9 Å². The summed E-state index contributed by atoms with van der Waals surface area (Å²) in [6, 6.07) is 32.6. The second-order valence-corrected chi connectivity index (χ2v) is 10.7. The van der Waals surface area contributed by atoms with Gasteiger partial charge in [-0.15, -0.1) is 0 Å². The van der Waals surface area contributed by atoms with Crippen LogP contribution in [0.3, 0.4) is 0 Å². The van der Waals surface area contributed by atoms with Crippen molar-refractivity contribution in [3.8, 4) is 0 Å². The van der Waals surface area contributed by atoms with Crippen molar-refractivity contribution in [3.63, 3.8) is 0 Å². The molecule has 4 aromatic rings. The fraction of sp³-hybridized carbons (Fsp3) is 0.0714. The minimum absolute atomic E-state index is 0.255. The van der Waals surface area contributed by atoms with Crippen molar-refractivity contribution < 1.29 is 8.42 Å². The van der Waals surface area contributed by atoms with Gasteiger partial charge in [-0.25, -0.2) is 8.42 Å². The number of hydrogen-bond acceptors (Lipinski definition) is 2. The Bertz CT molecular complexity index is 1450. The van der Waals surface area contributed by atoms with Gasteiger partial charge in [-0.2, -0.15) is 4.72 Å². The Morgan fingerprint density at radius 1 is 0.758 bits per heavy atom. The van der Waals surface area contributed by atoms with Gasteiger partial charge in [-0.3, -0.25) is 0 Å². The van der Waals surface area contributed by atoms with E-state index in [4.69, 9.17) is 0 Å². The lowest BCUT2D eigenvalue weighted by molar-refractivity contribution is 0.576. The Kier molecular flexibility index (Phi) is 5.79. The molecule has 3 nitrogen and oxygen atoms in total. The summed E-state index contributed by atoms with van der Waals surface area (Å²) in [5, 5.41) is 0. The van der Waals surface area contributed by atoms with Crippen LogP contribution in [-0.4, -0.2) is 8.42 Å². The fourth-order valence-corrected chi connectivity index (χ4v) is 5.92. The highest BCUT2D eigenvalue weighted by Gasteiger charge is 2.36. The highest BCUT2D eigenvalue weighted by atomic mass is 79.9. The molecular weight excluding hydrogens is 494 g/mol. The molecule has 0 spiro atoms. The fourth-order valence-electron chi connectivity index (χ4n) is 4.35. The van der Waals surface area contributed by atoms with Crippen molar-refractivity contribution in [2.45, 2.75) is 17.9 Å². The van der Waals surface area contributed by atoms with Gasteiger partial charge in [0, 0.05) is 4.47 Å². The van der Waals surface area contributed by atoms with Crippen molar-refractivity contribution >= 4 is 37.1 Å². The van der Waals surface area contributed by atoms with Gasteiger partial charge in [0.1, 0.15) is 0 Å². The summed E-state index contributed by atoms with van der Waals surface area (Å²) in [4.78, 5) is 0.255. The number of aryl methyl sites for hydroxylation is 1. The molecule has 0 fully saturated rings. The minimum atomic E-state index is -3.76. The second-order valence-electron chi connectivity index (χ2n) is 8.12. The summed E-state index contributed by atoms with van der Waals surface area (Å²) in [5.74, 6) is 0. The molecule has 1 atom stereocenters. The summed E-state index contributed by atoms with van der Waals surface area (Å²) >= 11 is 3.58. The van der Waals surface area contributed by atoms with Crippen LogP contribution in [0.15, 0.2) is 112 Å².